The molecule has 0 fully saturated rings. The largest absolute Gasteiger partial charge is 0.481 e. The lowest BCUT2D eigenvalue weighted by Gasteiger charge is -2.15. The van der Waals surface area contributed by atoms with Crippen molar-refractivity contribution in [1.29, 1.82) is 0 Å². The molecule has 22 heavy (non-hydrogen) atoms. The number of carbonyl (C=O) groups is 2. The molecule has 0 heterocycles. The second kappa shape index (κ2) is 7.26. The van der Waals surface area contributed by atoms with Gasteiger partial charge in [0.05, 0.1) is 12.7 Å². The number of amides is 1. The fourth-order valence-electron chi connectivity index (χ4n) is 1.84. The molecular formula is C17H17NO4. The molecule has 0 bridgehead atoms. The highest BCUT2D eigenvalue weighted by molar-refractivity contribution is 5.96. The molecule has 0 aromatic heterocycles. The van der Waals surface area contributed by atoms with Gasteiger partial charge in [-0.1, -0.05) is 24.3 Å². The molecular weight excluding hydrogens is 282 g/mol. The van der Waals surface area contributed by atoms with Gasteiger partial charge in [-0.3, -0.25) is 4.79 Å². The average Bonchev–Trinajstić information content (AvgIpc) is 2.55. The lowest BCUT2D eigenvalue weighted by Crippen LogP contribution is -2.30. The summed E-state index contributed by atoms with van der Waals surface area (Å²) in [6.07, 6.45) is -0.663. The average molecular weight is 299 g/mol. The van der Waals surface area contributed by atoms with Crippen LogP contribution in [0.2, 0.25) is 0 Å². The quantitative estimate of drug-likeness (QED) is 0.862. The summed E-state index contributed by atoms with van der Waals surface area (Å²) in [5.41, 5.74) is 0.883. The van der Waals surface area contributed by atoms with Crippen LogP contribution in [0.4, 0.5) is 5.69 Å². The van der Waals surface area contributed by atoms with Crippen molar-refractivity contribution < 1.29 is 19.1 Å². The molecule has 5 heteroatoms. The van der Waals surface area contributed by atoms with Crippen LogP contribution in [0.15, 0.2) is 54.6 Å². The summed E-state index contributed by atoms with van der Waals surface area (Å²) in [6.45, 7) is 1.66. The predicted octanol–water partition coefficient (Wildman–Crippen LogP) is 2.88. The summed E-state index contributed by atoms with van der Waals surface area (Å²) in [5, 5.41) is 2.71. The van der Waals surface area contributed by atoms with Crippen molar-refractivity contribution in [2.24, 2.45) is 0 Å². The minimum Gasteiger partial charge on any atom is -0.481 e. The molecule has 0 aliphatic rings. The Kier molecular flexibility index (Phi) is 5.14. The molecule has 1 amide bonds. The lowest BCUT2D eigenvalue weighted by molar-refractivity contribution is -0.122. The molecule has 114 valence electrons. The number of methoxy groups -OCH3 is 1. The van der Waals surface area contributed by atoms with Crippen LogP contribution in [0.25, 0.3) is 0 Å². The number of carbonyl (C=O) groups excluding carboxylic acids is 2. The first-order chi connectivity index (χ1) is 10.6. The molecule has 2 aromatic rings. The van der Waals surface area contributed by atoms with Crippen molar-refractivity contribution in [3.63, 3.8) is 0 Å². The van der Waals surface area contributed by atoms with E-state index in [1.54, 1.807) is 43.3 Å². The van der Waals surface area contributed by atoms with Crippen LogP contribution in [-0.4, -0.2) is 25.1 Å². The highest BCUT2D eigenvalue weighted by Gasteiger charge is 2.15. The zero-order chi connectivity index (χ0) is 15.9. The Bertz CT molecular complexity index is 655. The summed E-state index contributed by atoms with van der Waals surface area (Å²) in [6, 6.07) is 15.6. The normalized spacial score (nSPS) is 11.4. The van der Waals surface area contributed by atoms with Crippen molar-refractivity contribution in [3.8, 4) is 5.75 Å². The van der Waals surface area contributed by atoms with E-state index in [0.29, 0.717) is 17.0 Å². The van der Waals surface area contributed by atoms with Gasteiger partial charge in [0.2, 0.25) is 0 Å². The molecule has 1 N–H and O–H groups in total. The second-order valence-electron chi connectivity index (χ2n) is 4.63. The maximum Gasteiger partial charge on any atom is 0.337 e. The molecule has 0 aliphatic heterocycles. The summed E-state index contributed by atoms with van der Waals surface area (Å²) in [5.74, 6) is -0.135. The van der Waals surface area contributed by atoms with E-state index >= 15 is 0 Å². The van der Waals surface area contributed by atoms with Gasteiger partial charge in [0.1, 0.15) is 5.75 Å². The molecule has 2 rings (SSSR count). The van der Waals surface area contributed by atoms with E-state index in [-0.39, 0.29) is 5.91 Å². The fourth-order valence-corrected chi connectivity index (χ4v) is 1.84. The first-order valence-electron chi connectivity index (χ1n) is 6.81. The van der Waals surface area contributed by atoms with E-state index in [0.717, 1.165) is 0 Å². The standard InChI is InChI=1S/C17H17NO4/c1-12(22-15-9-4-3-5-10-15)16(19)18-14-8-6-7-13(11-14)17(20)21-2/h3-12H,1-2H3,(H,18,19)/t12-/m1/s1. The number of para-hydroxylation sites is 1. The van der Waals surface area contributed by atoms with Crippen LogP contribution in [0.5, 0.6) is 5.75 Å². The highest BCUT2D eigenvalue weighted by atomic mass is 16.5. The van der Waals surface area contributed by atoms with Gasteiger partial charge in [-0.25, -0.2) is 4.79 Å². The van der Waals surface area contributed by atoms with Crippen molar-refractivity contribution in [3.05, 3.63) is 60.2 Å². The molecule has 1 atom stereocenters. The molecule has 0 aliphatic carbocycles. The van der Waals surface area contributed by atoms with E-state index in [4.69, 9.17) is 4.74 Å². The van der Waals surface area contributed by atoms with Crippen molar-refractivity contribution in [2.45, 2.75) is 13.0 Å². The Hall–Kier alpha value is -2.82. The summed E-state index contributed by atoms with van der Waals surface area (Å²) in [4.78, 5) is 23.6. The molecule has 0 spiro atoms. The molecule has 0 saturated carbocycles. The van der Waals surface area contributed by atoms with Crippen LogP contribution in [-0.2, 0) is 9.53 Å². The highest BCUT2D eigenvalue weighted by Crippen LogP contribution is 2.14. The summed E-state index contributed by atoms with van der Waals surface area (Å²) in [7, 11) is 1.31. The third kappa shape index (κ3) is 4.09. The Balaban J connectivity index is 2.01. The third-order valence-electron chi connectivity index (χ3n) is 2.98. The fraction of sp³-hybridized carbons (Fsp3) is 0.176. The van der Waals surface area contributed by atoms with Crippen LogP contribution >= 0.6 is 0 Å². The minimum atomic E-state index is -0.663. The van der Waals surface area contributed by atoms with Gasteiger partial charge in [-0.05, 0) is 37.3 Å². The zero-order valence-corrected chi connectivity index (χ0v) is 12.4. The molecule has 5 nitrogen and oxygen atoms in total. The van der Waals surface area contributed by atoms with Crippen LogP contribution in [0, 0.1) is 0 Å². The van der Waals surface area contributed by atoms with Gasteiger partial charge in [-0.2, -0.15) is 0 Å². The number of hydrogen-bond donors (Lipinski definition) is 1. The van der Waals surface area contributed by atoms with Gasteiger partial charge in [-0.15, -0.1) is 0 Å². The number of hydrogen-bond acceptors (Lipinski definition) is 4. The Morgan fingerprint density at radius 3 is 2.45 bits per heavy atom. The van der Waals surface area contributed by atoms with Gasteiger partial charge in [0.15, 0.2) is 6.10 Å². The van der Waals surface area contributed by atoms with Crippen LogP contribution < -0.4 is 10.1 Å². The summed E-state index contributed by atoms with van der Waals surface area (Å²) < 4.78 is 10.2. The number of benzene rings is 2. The summed E-state index contributed by atoms with van der Waals surface area (Å²) >= 11 is 0. The van der Waals surface area contributed by atoms with E-state index in [1.807, 2.05) is 18.2 Å². The third-order valence-corrected chi connectivity index (χ3v) is 2.98. The van der Waals surface area contributed by atoms with Gasteiger partial charge in [0.25, 0.3) is 5.91 Å². The van der Waals surface area contributed by atoms with Crippen molar-refractivity contribution >= 4 is 17.6 Å². The maximum absolute atomic E-state index is 12.1. The number of nitrogens with one attached hydrogen (secondary N) is 1. The molecule has 0 unspecified atom stereocenters. The Morgan fingerprint density at radius 1 is 1.05 bits per heavy atom. The molecule has 0 radical (unpaired) electrons. The Labute approximate surface area is 128 Å². The van der Waals surface area contributed by atoms with Gasteiger partial charge >= 0.3 is 5.97 Å². The SMILES string of the molecule is COC(=O)c1cccc(NC(=O)[C@@H](C)Oc2ccccc2)c1. The van der Waals surface area contributed by atoms with Crippen molar-refractivity contribution in [1.82, 2.24) is 0 Å². The number of anilines is 1. The topological polar surface area (TPSA) is 64.6 Å². The second-order valence-corrected chi connectivity index (χ2v) is 4.63. The van der Waals surface area contributed by atoms with E-state index in [1.165, 1.54) is 7.11 Å². The van der Waals surface area contributed by atoms with E-state index in [9.17, 15) is 9.59 Å². The lowest BCUT2D eigenvalue weighted by atomic mass is 10.2. The number of rotatable bonds is 5. The first-order valence-corrected chi connectivity index (χ1v) is 6.81. The maximum atomic E-state index is 12.1. The van der Waals surface area contributed by atoms with Crippen molar-refractivity contribution in [2.75, 3.05) is 12.4 Å². The minimum absolute atomic E-state index is 0.300. The zero-order valence-electron chi connectivity index (χ0n) is 12.4. The van der Waals surface area contributed by atoms with E-state index in [2.05, 4.69) is 10.1 Å². The molecule has 0 saturated heterocycles. The van der Waals surface area contributed by atoms with Gasteiger partial charge < -0.3 is 14.8 Å². The number of esters is 1. The monoisotopic (exact) mass is 299 g/mol. The Morgan fingerprint density at radius 2 is 1.77 bits per heavy atom. The molecule has 2 aromatic carbocycles. The number of ether oxygens (including phenoxy) is 2. The van der Waals surface area contributed by atoms with Crippen LogP contribution in [0.3, 0.4) is 0 Å². The predicted molar refractivity (Wildman–Crippen MR) is 82.9 cm³/mol. The van der Waals surface area contributed by atoms with Gasteiger partial charge in [0, 0.05) is 5.69 Å². The van der Waals surface area contributed by atoms with Crippen LogP contribution in [0.1, 0.15) is 17.3 Å². The first kappa shape index (κ1) is 15.6. The van der Waals surface area contributed by atoms with E-state index < -0.39 is 12.1 Å². The smallest absolute Gasteiger partial charge is 0.337 e.